The fraction of sp³-hybridized carbons (Fsp3) is 0. The van der Waals surface area contributed by atoms with E-state index in [1.165, 1.54) is 24.3 Å². The van der Waals surface area contributed by atoms with Crippen molar-refractivity contribution in [3.63, 3.8) is 0 Å². The third-order valence-electron chi connectivity index (χ3n) is 6.96. The standard InChI is InChI=1S/C36H24F4N2/c37-31-13-7-15-33(35(31)39)41(27-9-3-1-4-10-27)29-21-17-25(18-22-29)26-19-23-30(24-20-26)42(28-11-5-2-6-12-28)34-16-8-14-32(38)36(34)40/h1-24H. The molecule has 0 atom stereocenters. The maximum Gasteiger partial charge on any atom is 0.182 e. The maximum absolute atomic E-state index is 14.9. The molecule has 6 heteroatoms. The lowest BCUT2D eigenvalue weighted by molar-refractivity contribution is 0.510. The number of rotatable bonds is 7. The fourth-order valence-electron chi connectivity index (χ4n) is 4.94. The molecule has 0 unspecified atom stereocenters. The van der Waals surface area contributed by atoms with E-state index in [9.17, 15) is 17.6 Å². The molecule has 6 aromatic carbocycles. The van der Waals surface area contributed by atoms with Crippen LogP contribution in [0, 0.1) is 23.3 Å². The van der Waals surface area contributed by atoms with Gasteiger partial charge in [-0.25, -0.2) is 17.6 Å². The Labute approximate surface area is 241 Å². The molecule has 6 rings (SSSR count). The van der Waals surface area contributed by atoms with Crippen molar-refractivity contribution < 1.29 is 17.6 Å². The van der Waals surface area contributed by atoms with E-state index in [1.54, 1.807) is 9.80 Å². The summed E-state index contributed by atoms with van der Waals surface area (Å²) in [4.78, 5) is 3.33. The molecule has 0 aliphatic carbocycles. The highest BCUT2D eigenvalue weighted by Crippen LogP contribution is 2.39. The second-order valence-electron chi connectivity index (χ2n) is 9.58. The Morgan fingerprint density at radius 3 is 1.00 bits per heavy atom. The monoisotopic (exact) mass is 560 g/mol. The van der Waals surface area contributed by atoms with Gasteiger partial charge in [0.05, 0.1) is 11.4 Å². The minimum absolute atomic E-state index is 0.101. The predicted octanol–water partition coefficient (Wildman–Crippen LogP) is 10.8. The van der Waals surface area contributed by atoms with Gasteiger partial charge < -0.3 is 9.80 Å². The first-order chi connectivity index (χ1) is 20.5. The van der Waals surface area contributed by atoms with Crippen LogP contribution in [0.3, 0.4) is 0 Å². The van der Waals surface area contributed by atoms with Crippen LogP contribution in [-0.4, -0.2) is 0 Å². The van der Waals surface area contributed by atoms with E-state index < -0.39 is 23.3 Å². The molecule has 0 saturated heterocycles. The van der Waals surface area contributed by atoms with E-state index in [0.717, 1.165) is 23.3 Å². The second kappa shape index (κ2) is 11.6. The lowest BCUT2D eigenvalue weighted by atomic mass is 10.0. The van der Waals surface area contributed by atoms with Gasteiger partial charge in [-0.3, -0.25) is 0 Å². The van der Waals surface area contributed by atoms with Gasteiger partial charge in [-0.1, -0.05) is 72.8 Å². The largest absolute Gasteiger partial charge is 0.308 e. The van der Waals surface area contributed by atoms with Crippen LogP contribution < -0.4 is 9.80 Å². The van der Waals surface area contributed by atoms with E-state index in [4.69, 9.17) is 0 Å². The van der Waals surface area contributed by atoms with Crippen LogP contribution in [0.15, 0.2) is 146 Å². The van der Waals surface area contributed by atoms with Crippen LogP contribution in [0.25, 0.3) is 11.1 Å². The van der Waals surface area contributed by atoms with E-state index in [1.807, 2.05) is 109 Å². The summed E-state index contributed by atoms with van der Waals surface area (Å²) in [7, 11) is 0. The molecule has 0 fully saturated rings. The average Bonchev–Trinajstić information content (AvgIpc) is 3.03. The highest BCUT2D eigenvalue weighted by atomic mass is 19.2. The van der Waals surface area contributed by atoms with Crippen LogP contribution in [0.1, 0.15) is 0 Å². The number of nitrogens with zero attached hydrogens (tertiary/aromatic N) is 2. The fourth-order valence-corrected chi connectivity index (χ4v) is 4.94. The lowest BCUT2D eigenvalue weighted by Gasteiger charge is -2.26. The minimum Gasteiger partial charge on any atom is -0.308 e. The van der Waals surface area contributed by atoms with Gasteiger partial charge in [0.25, 0.3) is 0 Å². The molecule has 0 N–H and O–H groups in total. The Balaban J connectivity index is 1.35. The van der Waals surface area contributed by atoms with Crippen molar-refractivity contribution in [2.45, 2.75) is 0 Å². The molecule has 0 spiro atoms. The molecular weight excluding hydrogens is 536 g/mol. The summed E-state index contributed by atoms with van der Waals surface area (Å²) in [6, 6.07) is 41.6. The van der Waals surface area contributed by atoms with Gasteiger partial charge in [0.2, 0.25) is 0 Å². The normalized spacial score (nSPS) is 10.9. The van der Waals surface area contributed by atoms with Crippen LogP contribution in [0.2, 0.25) is 0 Å². The number of hydrogen-bond donors (Lipinski definition) is 0. The third kappa shape index (κ3) is 5.22. The zero-order valence-electron chi connectivity index (χ0n) is 22.3. The molecule has 0 saturated carbocycles. The molecule has 42 heavy (non-hydrogen) atoms. The number of hydrogen-bond acceptors (Lipinski definition) is 2. The quantitative estimate of drug-likeness (QED) is 0.179. The van der Waals surface area contributed by atoms with Crippen molar-refractivity contribution in [1.29, 1.82) is 0 Å². The summed E-state index contributed by atoms with van der Waals surface area (Å²) >= 11 is 0. The Morgan fingerprint density at radius 2 is 0.643 bits per heavy atom. The summed E-state index contributed by atoms with van der Waals surface area (Å²) in [5.41, 5.74) is 4.66. The van der Waals surface area contributed by atoms with Gasteiger partial charge in [-0.15, -0.1) is 0 Å². The topological polar surface area (TPSA) is 6.48 Å². The Bertz CT molecular complexity index is 1670. The molecule has 0 radical (unpaired) electrons. The summed E-state index contributed by atoms with van der Waals surface area (Å²) in [5, 5.41) is 0. The first-order valence-electron chi connectivity index (χ1n) is 13.3. The number of anilines is 6. The molecule has 0 amide bonds. The van der Waals surface area contributed by atoms with Gasteiger partial charge in [0.15, 0.2) is 23.3 Å². The summed E-state index contributed by atoms with van der Waals surface area (Å²) < 4.78 is 58.1. The molecule has 0 aromatic heterocycles. The van der Waals surface area contributed by atoms with Gasteiger partial charge in [-0.2, -0.15) is 0 Å². The first-order valence-corrected chi connectivity index (χ1v) is 13.3. The number of halogens is 4. The number of para-hydroxylation sites is 2. The van der Waals surface area contributed by atoms with Gasteiger partial charge in [0.1, 0.15) is 0 Å². The summed E-state index contributed by atoms with van der Waals surface area (Å²) in [6.45, 7) is 0. The van der Waals surface area contributed by atoms with Gasteiger partial charge in [-0.05, 0) is 83.9 Å². The maximum atomic E-state index is 14.9. The number of benzene rings is 6. The molecule has 0 heterocycles. The Morgan fingerprint density at radius 1 is 0.310 bits per heavy atom. The van der Waals surface area contributed by atoms with Crippen molar-refractivity contribution in [3.8, 4) is 11.1 Å². The Hall–Kier alpha value is -5.36. The third-order valence-corrected chi connectivity index (χ3v) is 6.96. The van der Waals surface area contributed by atoms with Crippen molar-refractivity contribution in [3.05, 3.63) is 169 Å². The van der Waals surface area contributed by atoms with E-state index >= 15 is 0 Å². The molecule has 0 aliphatic heterocycles. The molecule has 2 nitrogen and oxygen atoms in total. The van der Waals surface area contributed by atoms with Crippen molar-refractivity contribution in [2.24, 2.45) is 0 Å². The van der Waals surface area contributed by atoms with E-state index in [0.29, 0.717) is 22.7 Å². The zero-order chi connectivity index (χ0) is 29.1. The Kier molecular flexibility index (Phi) is 7.43. The predicted molar refractivity (Wildman–Crippen MR) is 161 cm³/mol. The van der Waals surface area contributed by atoms with Gasteiger partial charge >= 0.3 is 0 Å². The minimum atomic E-state index is -0.932. The van der Waals surface area contributed by atoms with E-state index in [-0.39, 0.29) is 11.4 Å². The smallest absolute Gasteiger partial charge is 0.182 e. The van der Waals surface area contributed by atoms with Crippen molar-refractivity contribution >= 4 is 34.1 Å². The van der Waals surface area contributed by atoms with Crippen LogP contribution in [-0.2, 0) is 0 Å². The van der Waals surface area contributed by atoms with Crippen molar-refractivity contribution in [1.82, 2.24) is 0 Å². The van der Waals surface area contributed by atoms with Crippen LogP contribution in [0.4, 0.5) is 51.7 Å². The van der Waals surface area contributed by atoms with Gasteiger partial charge in [0, 0.05) is 22.7 Å². The molecule has 0 bridgehead atoms. The second-order valence-corrected chi connectivity index (χ2v) is 9.58. The SMILES string of the molecule is Fc1cccc(N(c2ccccc2)c2ccc(-c3ccc(N(c4ccccc4)c4cccc(F)c4F)cc3)cc2)c1F. The summed E-state index contributed by atoms with van der Waals surface area (Å²) in [6.07, 6.45) is 0. The van der Waals surface area contributed by atoms with Crippen molar-refractivity contribution in [2.75, 3.05) is 9.80 Å². The van der Waals surface area contributed by atoms with E-state index in [2.05, 4.69) is 0 Å². The highest BCUT2D eigenvalue weighted by molar-refractivity contribution is 5.81. The van der Waals surface area contributed by atoms with Crippen LogP contribution >= 0.6 is 0 Å². The molecular formula is C36H24F4N2. The lowest BCUT2D eigenvalue weighted by Crippen LogP contribution is -2.12. The molecule has 6 aromatic rings. The highest BCUT2D eigenvalue weighted by Gasteiger charge is 2.20. The average molecular weight is 561 g/mol. The molecule has 0 aliphatic rings. The first kappa shape index (κ1) is 26.8. The summed E-state index contributed by atoms with van der Waals surface area (Å²) in [5.74, 6) is -3.71. The van der Waals surface area contributed by atoms with Crippen LogP contribution in [0.5, 0.6) is 0 Å². The zero-order valence-corrected chi connectivity index (χ0v) is 22.3. The molecule has 206 valence electrons.